The molecule has 2 fully saturated rings. The quantitative estimate of drug-likeness (QED) is 0.895. The Balaban J connectivity index is 1.30. The van der Waals surface area contributed by atoms with Crippen molar-refractivity contribution in [1.29, 1.82) is 0 Å². The number of hydrogen-bond donors (Lipinski definition) is 1. The number of carbonyl (C=O) groups excluding carboxylic acids is 1. The second kappa shape index (κ2) is 7.80. The first-order valence-electron chi connectivity index (χ1n) is 9.61. The van der Waals surface area contributed by atoms with Crippen LogP contribution < -0.4 is 10.2 Å². The Morgan fingerprint density at radius 1 is 1.23 bits per heavy atom. The monoisotopic (exact) mass is 373 g/mol. The standard InChI is InChI=1S/C19H27N5OS/c1-2-8-22-9-7-15(14-22)20-19(25)24-12-10-23(11-13-24)18-16-5-3-4-6-17(16)26-21-18/h3-6,15H,2,7-14H2,1H3,(H,20,25)/t15-/m0/s1. The van der Waals surface area contributed by atoms with E-state index in [2.05, 4.69) is 50.7 Å². The fourth-order valence-corrected chi connectivity index (χ4v) is 4.75. The molecule has 0 saturated carbocycles. The molecule has 2 aliphatic rings. The normalized spacial score (nSPS) is 21.5. The summed E-state index contributed by atoms with van der Waals surface area (Å²) < 4.78 is 5.86. The van der Waals surface area contributed by atoms with Crippen LogP contribution in [0.1, 0.15) is 19.8 Å². The Morgan fingerprint density at radius 3 is 2.85 bits per heavy atom. The van der Waals surface area contributed by atoms with Crippen LogP contribution in [0.15, 0.2) is 24.3 Å². The van der Waals surface area contributed by atoms with Crippen molar-refractivity contribution in [1.82, 2.24) is 19.5 Å². The maximum Gasteiger partial charge on any atom is 0.317 e. The van der Waals surface area contributed by atoms with Gasteiger partial charge in [-0.25, -0.2) is 4.79 Å². The number of anilines is 1. The molecule has 2 aliphatic heterocycles. The smallest absolute Gasteiger partial charge is 0.317 e. The molecule has 0 unspecified atom stereocenters. The molecule has 26 heavy (non-hydrogen) atoms. The van der Waals surface area contributed by atoms with E-state index in [-0.39, 0.29) is 6.03 Å². The topological polar surface area (TPSA) is 51.7 Å². The van der Waals surface area contributed by atoms with Crippen molar-refractivity contribution in [2.75, 3.05) is 50.7 Å². The van der Waals surface area contributed by atoms with Gasteiger partial charge in [0, 0.05) is 50.7 Å². The molecule has 140 valence electrons. The van der Waals surface area contributed by atoms with Crippen molar-refractivity contribution in [3.05, 3.63) is 24.3 Å². The van der Waals surface area contributed by atoms with Crippen LogP contribution in [0.4, 0.5) is 10.6 Å². The van der Waals surface area contributed by atoms with Gasteiger partial charge in [0.1, 0.15) is 5.82 Å². The first-order valence-corrected chi connectivity index (χ1v) is 10.4. The van der Waals surface area contributed by atoms with Crippen molar-refractivity contribution >= 4 is 33.5 Å². The largest absolute Gasteiger partial charge is 0.352 e. The fraction of sp³-hybridized carbons (Fsp3) is 0.579. The minimum atomic E-state index is 0.0936. The van der Waals surface area contributed by atoms with Crippen LogP contribution in [-0.4, -0.2) is 72.1 Å². The molecule has 0 radical (unpaired) electrons. The summed E-state index contributed by atoms with van der Waals surface area (Å²) in [5.74, 6) is 1.07. The highest BCUT2D eigenvalue weighted by molar-refractivity contribution is 7.13. The molecule has 4 rings (SSSR count). The third kappa shape index (κ3) is 3.64. The van der Waals surface area contributed by atoms with Crippen molar-refractivity contribution in [3.63, 3.8) is 0 Å². The van der Waals surface area contributed by atoms with Crippen LogP contribution in [0.2, 0.25) is 0 Å². The summed E-state index contributed by atoms with van der Waals surface area (Å²) >= 11 is 1.55. The van der Waals surface area contributed by atoms with Crippen LogP contribution in [0.5, 0.6) is 0 Å². The molecule has 0 spiro atoms. The Bertz CT molecular complexity index is 755. The highest BCUT2D eigenvalue weighted by Crippen LogP contribution is 2.29. The van der Waals surface area contributed by atoms with Gasteiger partial charge in [-0.05, 0) is 43.1 Å². The summed E-state index contributed by atoms with van der Waals surface area (Å²) in [5, 5.41) is 4.45. The van der Waals surface area contributed by atoms with Gasteiger partial charge in [-0.2, -0.15) is 4.37 Å². The van der Waals surface area contributed by atoms with E-state index in [4.69, 9.17) is 0 Å². The van der Waals surface area contributed by atoms with E-state index < -0.39 is 0 Å². The average molecular weight is 374 g/mol. The number of fused-ring (bicyclic) bond motifs is 1. The van der Waals surface area contributed by atoms with Crippen molar-refractivity contribution in [3.8, 4) is 0 Å². The lowest BCUT2D eigenvalue weighted by atomic mass is 10.2. The van der Waals surface area contributed by atoms with E-state index in [9.17, 15) is 4.79 Å². The van der Waals surface area contributed by atoms with Crippen LogP contribution in [0.25, 0.3) is 10.1 Å². The highest BCUT2D eigenvalue weighted by atomic mass is 32.1. The van der Waals surface area contributed by atoms with Gasteiger partial charge < -0.3 is 20.0 Å². The van der Waals surface area contributed by atoms with Gasteiger partial charge in [0.25, 0.3) is 0 Å². The van der Waals surface area contributed by atoms with Gasteiger partial charge in [0.2, 0.25) is 0 Å². The van der Waals surface area contributed by atoms with Gasteiger partial charge in [-0.3, -0.25) is 0 Å². The summed E-state index contributed by atoms with van der Waals surface area (Å²) in [6.45, 7) is 8.62. The molecule has 7 heteroatoms. The molecule has 6 nitrogen and oxygen atoms in total. The third-order valence-corrected chi connectivity index (χ3v) is 6.18. The number of piperazine rings is 1. The Labute approximate surface area is 158 Å². The maximum absolute atomic E-state index is 12.6. The zero-order chi connectivity index (χ0) is 17.9. The molecule has 1 atom stereocenters. The molecule has 1 aromatic carbocycles. The van der Waals surface area contributed by atoms with Crippen molar-refractivity contribution < 1.29 is 4.79 Å². The lowest BCUT2D eigenvalue weighted by molar-refractivity contribution is 0.190. The first-order chi connectivity index (χ1) is 12.7. The maximum atomic E-state index is 12.6. The van der Waals surface area contributed by atoms with E-state index in [1.165, 1.54) is 16.5 Å². The lowest BCUT2D eigenvalue weighted by Gasteiger charge is -2.35. The SMILES string of the molecule is CCCN1CC[C@H](NC(=O)N2CCN(c3nsc4ccccc34)CC2)C1. The number of urea groups is 1. The van der Waals surface area contributed by atoms with E-state index in [0.29, 0.717) is 6.04 Å². The van der Waals surface area contributed by atoms with Gasteiger partial charge in [0.05, 0.1) is 4.70 Å². The number of carbonyl (C=O) groups is 1. The predicted molar refractivity (Wildman–Crippen MR) is 107 cm³/mol. The van der Waals surface area contributed by atoms with Crippen LogP contribution in [0, 0.1) is 0 Å². The summed E-state index contributed by atoms with van der Waals surface area (Å²) in [6, 6.07) is 8.76. The molecular formula is C19H27N5OS. The Kier molecular flexibility index (Phi) is 5.26. The Morgan fingerprint density at radius 2 is 2.04 bits per heavy atom. The molecule has 0 bridgehead atoms. The number of nitrogens with zero attached hydrogens (tertiary/aromatic N) is 4. The van der Waals surface area contributed by atoms with E-state index in [0.717, 1.165) is 58.1 Å². The third-order valence-electron chi connectivity index (χ3n) is 5.36. The van der Waals surface area contributed by atoms with Crippen LogP contribution in [-0.2, 0) is 0 Å². The molecule has 1 aromatic heterocycles. The minimum Gasteiger partial charge on any atom is -0.352 e. The zero-order valence-electron chi connectivity index (χ0n) is 15.4. The van der Waals surface area contributed by atoms with Gasteiger partial charge in [-0.15, -0.1) is 0 Å². The number of rotatable bonds is 4. The van der Waals surface area contributed by atoms with Gasteiger partial charge in [-0.1, -0.05) is 19.1 Å². The Hall–Kier alpha value is -1.86. The van der Waals surface area contributed by atoms with Crippen LogP contribution in [0.3, 0.4) is 0 Å². The fourth-order valence-electron chi connectivity index (χ4n) is 3.96. The summed E-state index contributed by atoms with van der Waals surface area (Å²) in [5.41, 5.74) is 0. The summed E-state index contributed by atoms with van der Waals surface area (Å²) in [4.78, 5) is 19.3. The van der Waals surface area contributed by atoms with E-state index >= 15 is 0 Å². The number of likely N-dealkylation sites (tertiary alicyclic amines) is 1. The predicted octanol–water partition coefficient (Wildman–Crippen LogP) is 2.61. The minimum absolute atomic E-state index is 0.0936. The molecular weight excluding hydrogens is 346 g/mol. The van der Waals surface area contributed by atoms with Gasteiger partial charge in [0.15, 0.2) is 0 Å². The lowest BCUT2D eigenvalue weighted by Crippen LogP contribution is -2.54. The first kappa shape index (κ1) is 17.5. The second-order valence-electron chi connectivity index (χ2n) is 7.21. The number of hydrogen-bond acceptors (Lipinski definition) is 5. The molecule has 0 aliphatic carbocycles. The molecule has 3 heterocycles. The number of aromatic nitrogens is 1. The van der Waals surface area contributed by atoms with E-state index in [1.54, 1.807) is 11.5 Å². The van der Waals surface area contributed by atoms with Crippen LogP contribution >= 0.6 is 11.5 Å². The molecule has 2 amide bonds. The zero-order valence-corrected chi connectivity index (χ0v) is 16.2. The average Bonchev–Trinajstić information content (AvgIpc) is 3.29. The number of amides is 2. The second-order valence-corrected chi connectivity index (χ2v) is 8.02. The highest BCUT2D eigenvalue weighted by Gasteiger charge is 2.27. The van der Waals surface area contributed by atoms with Crippen molar-refractivity contribution in [2.24, 2.45) is 0 Å². The molecule has 1 N–H and O–H groups in total. The van der Waals surface area contributed by atoms with Gasteiger partial charge >= 0.3 is 6.03 Å². The summed E-state index contributed by atoms with van der Waals surface area (Å²) in [6.07, 6.45) is 2.24. The number of nitrogens with one attached hydrogen (secondary N) is 1. The number of benzene rings is 1. The van der Waals surface area contributed by atoms with E-state index in [1.807, 2.05) is 4.90 Å². The van der Waals surface area contributed by atoms with Crippen molar-refractivity contribution in [2.45, 2.75) is 25.8 Å². The summed E-state index contributed by atoms with van der Waals surface area (Å²) in [7, 11) is 0. The molecule has 2 saturated heterocycles. The molecule has 2 aromatic rings.